The van der Waals surface area contributed by atoms with Crippen molar-refractivity contribution in [2.75, 3.05) is 0 Å². The highest BCUT2D eigenvalue weighted by Gasteiger charge is 2.35. The molecule has 0 atom stereocenters. The first-order valence-corrected chi connectivity index (χ1v) is 14.3. The first kappa shape index (κ1) is 16.4. The molecule has 21 heavy (non-hydrogen) atoms. The summed E-state index contributed by atoms with van der Waals surface area (Å²) in [6, 6.07) is 21.1. The summed E-state index contributed by atoms with van der Waals surface area (Å²) in [5, 5.41) is 2.66. The molecule has 0 aromatic heterocycles. The Kier molecular flexibility index (Phi) is 5.34. The predicted octanol–water partition coefficient (Wildman–Crippen LogP) is 2.24. The third kappa shape index (κ3) is 5.05. The zero-order valence-corrected chi connectivity index (χ0v) is 16.7. The van der Waals surface area contributed by atoms with Gasteiger partial charge in [-0.3, -0.25) is 0 Å². The van der Waals surface area contributed by atoms with Crippen molar-refractivity contribution in [2.24, 2.45) is 0 Å². The quantitative estimate of drug-likeness (QED) is 0.755. The van der Waals surface area contributed by atoms with Gasteiger partial charge in [-0.15, -0.1) is 0 Å². The highest BCUT2D eigenvalue weighted by molar-refractivity contribution is 6.91. The third-order valence-corrected chi connectivity index (χ3v) is 13.3. The Labute approximate surface area is 132 Å². The zero-order valence-electron chi connectivity index (χ0n) is 13.3. The molecule has 2 nitrogen and oxygen atoms in total. The molecule has 0 amide bonds. The molecule has 2 aromatic carbocycles. The Bertz CT molecular complexity index is 556. The Hall–Kier alpha value is -0.989. The maximum Gasteiger partial charge on any atom is 0.311 e. The first-order valence-electron chi connectivity index (χ1n) is 7.33. The molecule has 0 aliphatic heterocycles. The van der Waals surface area contributed by atoms with Gasteiger partial charge in [-0.05, 0) is 36.6 Å². The molecule has 0 aliphatic rings. The van der Waals surface area contributed by atoms with Crippen molar-refractivity contribution in [1.29, 1.82) is 0 Å². The number of benzene rings is 2. The SMILES string of the molecule is C[Si](C)(O[SiH2]c1ccccc1)O[Si](C)(C)c1ccccc1. The van der Waals surface area contributed by atoms with Crippen LogP contribution >= 0.6 is 0 Å². The van der Waals surface area contributed by atoms with E-state index in [2.05, 4.69) is 80.8 Å². The fourth-order valence-corrected chi connectivity index (χ4v) is 12.0. The molecule has 0 N–H and O–H groups in total. The minimum atomic E-state index is -2.08. The van der Waals surface area contributed by atoms with Crippen LogP contribution in [0.3, 0.4) is 0 Å². The van der Waals surface area contributed by atoms with Gasteiger partial charge in [0, 0.05) is 0 Å². The summed E-state index contributed by atoms with van der Waals surface area (Å²) in [7, 11) is -4.68. The molecule has 0 heterocycles. The molecule has 0 bridgehead atoms. The average molecular weight is 333 g/mol. The molecule has 0 radical (unpaired) electrons. The van der Waals surface area contributed by atoms with E-state index in [1.54, 1.807) is 0 Å². The lowest BCUT2D eigenvalue weighted by atomic mass is 10.4. The normalized spacial score (nSPS) is 13.0. The topological polar surface area (TPSA) is 18.5 Å². The summed E-state index contributed by atoms with van der Waals surface area (Å²) in [6.07, 6.45) is 0. The van der Waals surface area contributed by atoms with Gasteiger partial charge < -0.3 is 8.23 Å². The molecular weight excluding hydrogens is 308 g/mol. The van der Waals surface area contributed by atoms with E-state index in [1.807, 2.05) is 6.07 Å². The van der Waals surface area contributed by atoms with E-state index in [-0.39, 0.29) is 0 Å². The van der Waals surface area contributed by atoms with Crippen LogP contribution in [-0.4, -0.2) is 26.6 Å². The fourth-order valence-electron chi connectivity index (χ4n) is 2.37. The summed E-state index contributed by atoms with van der Waals surface area (Å²) in [5.41, 5.74) is 0. The van der Waals surface area contributed by atoms with Crippen LogP contribution in [-0.2, 0) is 8.23 Å². The average Bonchev–Trinajstić information content (AvgIpc) is 2.46. The van der Waals surface area contributed by atoms with Crippen LogP contribution in [0.4, 0.5) is 0 Å². The van der Waals surface area contributed by atoms with Gasteiger partial charge in [0.05, 0.1) is 0 Å². The monoisotopic (exact) mass is 332 g/mol. The molecule has 5 heteroatoms. The smallest absolute Gasteiger partial charge is 0.311 e. The molecular formula is C16H24O2Si3. The Balaban J connectivity index is 2.00. The fraction of sp³-hybridized carbons (Fsp3) is 0.250. The van der Waals surface area contributed by atoms with Gasteiger partial charge in [0.25, 0.3) is 0 Å². The first-order chi connectivity index (χ1) is 9.89. The second-order valence-electron chi connectivity index (χ2n) is 6.15. The molecule has 0 fully saturated rings. The third-order valence-electron chi connectivity index (χ3n) is 3.40. The van der Waals surface area contributed by atoms with E-state index in [9.17, 15) is 0 Å². The summed E-state index contributed by atoms with van der Waals surface area (Å²) in [5.74, 6) is 0. The van der Waals surface area contributed by atoms with Crippen molar-refractivity contribution in [2.45, 2.75) is 26.2 Å². The van der Waals surface area contributed by atoms with E-state index in [4.69, 9.17) is 8.23 Å². The molecule has 2 rings (SSSR count). The van der Waals surface area contributed by atoms with Crippen molar-refractivity contribution in [3.8, 4) is 0 Å². The van der Waals surface area contributed by atoms with E-state index >= 15 is 0 Å². The van der Waals surface area contributed by atoms with Crippen LogP contribution in [0.1, 0.15) is 0 Å². The molecule has 0 unspecified atom stereocenters. The van der Waals surface area contributed by atoms with Crippen LogP contribution in [0.15, 0.2) is 60.7 Å². The van der Waals surface area contributed by atoms with Crippen LogP contribution in [0, 0.1) is 0 Å². The highest BCUT2D eigenvalue weighted by atomic mass is 28.5. The van der Waals surface area contributed by atoms with Gasteiger partial charge in [0.2, 0.25) is 8.32 Å². The van der Waals surface area contributed by atoms with Gasteiger partial charge >= 0.3 is 8.56 Å². The van der Waals surface area contributed by atoms with E-state index < -0.39 is 26.6 Å². The molecule has 0 saturated heterocycles. The lowest BCUT2D eigenvalue weighted by molar-refractivity contribution is 0.417. The summed E-state index contributed by atoms with van der Waals surface area (Å²) < 4.78 is 12.8. The Morgan fingerprint density at radius 1 is 0.762 bits per heavy atom. The second kappa shape index (κ2) is 6.85. The molecule has 0 aliphatic carbocycles. The van der Waals surface area contributed by atoms with Gasteiger partial charge in [0.1, 0.15) is 0 Å². The Morgan fingerprint density at radius 3 is 1.86 bits per heavy atom. The van der Waals surface area contributed by atoms with Crippen molar-refractivity contribution < 1.29 is 8.23 Å². The standard InChI is InChI=1S/C16H24O2Si3/c1-20(2,16-13-9-6-10-14-16)18-21(3,4)17-19-15-11-7-5-8-12-15/h5-14H,19H2,1-4H3. The van der Waals surface area contributed by atoms with Crippen molar-refractivity contribution in [1.82, 2.24) is 0 Å². The lowest BCUT2D eigenvalue weighted by Gasteiger charge is -2.34. The van der Waals surface area contributed by atoms with E-state index in [1.165, 1.54) is 10.4 Å². The van der Waals surface area contributed by atoms with Crippen LogP contribution in [0.5, 0.6) is 0 Å². The van der Waals surface area contributed by atoms with Crippen LogP contribution in [0.2, 0.25) is 26.2 Å². The molecule has 2 aromatic rings. The predicted molar refractivity (Wildman–Crippen MR) is 97.8 cm³/mol. The van der Waals surface area contributed by atoms with Crippen molar-refractivity contribution >= 4 is 37.0 Å². The van der Waals surface area contributed by atoms with E-state index in [0.717, 1.165) is 0 Å². The van der Waals surface area contributed by atoms with Gasteiger partial charge in [0.15, 0.2) is 9.76 Å². The summed E-state index contributed by atoms with van der Waals surface area (Å²) >= 11 is 0. The Morgan fingerprint density at radius 2 is 1.29 bits per heavy atom. The molecule has 0 saturated carbocycles. The number of hydrogen-bond donors (Lipinski definition) is 0. The minimum Gasteiger partial charge on any atom is -0.438 e. The molecule has 112 valence electrons. The number of rotatable bonds is 6. The maximum absolute atomic E-state index is 6.52. The number of hydrogen-bond acceptors (Lipinski definition) is 2. The second-order valence-corrected chi connectivity index (χ2v) is 15.6. The largest absolute Gasteiger partial charge is 0.438 e. The van der Waals surface area contributed by atoms with Gasteiger partial charge in [-0.1, -0.05) is 60.7 Å². The maximum atomic E-state index is 6.52. The van der Waals surface area contributed by atoms with E-state index in [0.29, 0.717) is 0 Å². The van der Waals surface area contributed by atoms with Gasteiger partial charge in [-0.25, -0.2) is 0 Å². The lowest BCUT2D eigenvalue weighted by Crippen LogP contribution is -2.54. The van der Waals surface area contributed by atoms with Gasteiger partial charge in [-0.2, -0.15) is 0 Å². The van der Waals surface area contributed by atoms with Crippen molar-refractivity contribution in [3.05, 3.63) is 60.7 Å². The van der Waals surface area contributed by atoms with Crippen LogP contribution in [0.25, 0.3) is 0 Å². The summed E-state index contributed by atoms with van der Waals surface area (Å²) in [6.45, 7) is 8.84. The van der Waals surface area contributed by atoms with Crippen molar-refractivity contribution in [3.63, 3.8) is 0 Å². The highest BCUT2D eigenvalue weighted by Crippen LogP contribution is 2.15. The minimum absolute atomic E-state index is 0.705. The zero-order chi connectivity index (χ0) is 15.3. The molecule has 0 spiro atoms. The summed E-state index contributed by atoms with van der Waals surface area (Å²) in [4.78, 5) is 0. The van der Waals surface area contributed by atoms with Crippen LogP contribution < -0.4 is 10.4 Å².